The zero-order chi connectivity index (χ0) is 23.8. The molecule has 0 amide bonds. The van der Waals surface area contributed by atoms with Gasteiger partial charge in [-0.3, -0.25) is 14.9 Å². The maximum Gasteiger partial charge on any atom is 0.263 e. The Bertz CT molecular complexity index is 1490. The maximum atomic E-state index is 13.5. The van der Waals surface area contributed by atoms with Gasteiger partial charge < -0.3 is 10.6 Å². The number of H-pyrrole nitrogens is 2. The molecule has 3 aliphatic rings. The minimum absolute atomic E-state index is 0.0479. The molecule has 4 aromatic rings. The molecule has 0 bridgehead atoms. The number of nitrogens with zero attached hydrogens (tertiary/aromatic N) is 3. The van der Waals surface area contributed by atoms with Crippen LogP contribution in [0.5, 0.6) is 0 Å². The van der Waals surface area contributed by atoms with E-state index in [0.717, 1.165) is 50.8 Å². The average Bonchev–Trinajstić information content (AvgIpc) is 3.48. The van der Waals surface area contributed by atoms with E-state index in [-0.39, 0.29) is 28.2 Å². The standard InChI is InChI=1S/C27H27FN6O/c28-18-7-5-17(6-8-18)27(9-10-27)22-20-23(33-32-22)30-25(31-24(20)35)34-13-11-26(12-14-34)15-16-3-1-2-4-19(16)21(26)29/h1-8,21H,9-15,29H2,(H2,30,31,32,33,35)/t21-/m1/s1. The van der Waals surface area contributed by atoms with Crippen molar-refractivity contribution >= 4 is 17.0 Å². The molecule has 2 fully saturated rings. The van der Waals surface area contributed by atoms with Gasteiger partial charge in [0, 0.05) is 24.5 Å². The lowest BCUT2D eigenvalue weighted by Crippen LogP contribution is -2.45. The minimum atomic E-state index is -0.354. The molecule has 7 nitrogen and oxygen atoms in total. The van der Waals surface area contributed by atoms with Gasteiger partial charge in [-0.2, -0.15) is 10.1 Å². The topological polar surface area (TPSA) is 104 Å². The fourth-order valence-electron chi connectivity index (χ4n) is 6.45. The lowest BCUT2D eigenvalue weighted by Gasteiger charge is -2.42. The number of piperidine rings is 1. The Morgan fingerprint density at radius 3 is 2.49 bits per heavy atom. The van der Waals surface area contributed by atoms with E-state index in [9.17, 15) is 9.18 Å². The zero-order valence-electron chi connectivity index (χ0n) is 19.4. The molecule has 2 aliphatic carbocycles. The van der Waals surface area contributed by atoms with Gasteiger partial charge in [0.15, 0.2) is 5.65 Å². The van der Waals surface area contributed by atoms with Gasteiger partial charge in [0.1, 0.15) is 11.2 Å². The molecule has 178 valence electrons. The molecule has 7 rings (SSSR count). The average molecular weight is 471 g/mol. The Hall–Kier alpha value is -3.52. The first-order chi connectivity index (χ1) is 17.0. The van der Waals surface area contributed by atoms with E-state index in [1.165, 1.54) is 23.3 Å². The van der Waals surface area contributed by atoms with Crippen LogP contribution in [0.1, 0.15) is 54.1 Å². The van der Waals surface area contributed by atoms with Crippen molar-refractivity contribution in [2.24, 2.45) is 11.1 Å². The number of nitrogens with two attached hydrogens (primary N) is 1. The predicted molar refractivity (Wildman–Crippen MR) is 132 cm³/mol. The molecule has 1 saturated carbocycles. The molecule has 0 unspecified atom stereocenters. The van der Waals surface area contributed by atoms with Gasteiger partial charge in [-0.15, -0.1) is 0 Å². The summed E-state index contributed by atoms with van der Waals surface area (Å²) in [6.07, 6.45) is 4.66. The highest BCUT2D eigenvalue weighted by atomic mass is 19.1. The highest BCUT2D eigenvalue weighted by Gasteiger charge is 2.50. The van der Waals surface area contributed by atoms with E-state index in [2.05, 4.69) is 44.3 Å². The third-order valence-electron chi connectivity index (χ3n) is 8.67. The SMILES string of the molecule is N[C@@H]1c2ccccc2CC12CCN(c1nc3[nH]nc(C4(c5ccc(F)cc5)CC4)c3c(=O)[nH]1)CC2. The summed E-state index contributed by atoms with van der Waals surface area (Å²) in [5, 5.41) is 8.03. The second-order valence-electron chi connectivity index (χ2n) is 10.5. The van der Waals surface area contributed by atoms with E-state index in [0.29, 0.717) is 22.7 Å². The van der Waals surface area contributed by atoms with Gasteiger partial charge in [-0.05, 0) is 66.3 Å². The highest BCUT2D eigenvalue weighted by Crippen LogP contribution is 2.54. The molecule has 35 heavy (non-hydrogen) atoms. The van der Waals surface area contributed by atoms with Crippen molar-refractivity contribution < 1.29 is 4.39 Å². The van der Waals surface area contributed by atoms with Crippen molar-refractivity contribution in [1.29, 1.82) is 0 Å². The van der Waals surface area contributed by atoms with Gasteiger partial charge >= 0.3 is 0 Å². The Labute approximate surface area is 201 Å². The fraction of sp³-hybridized carbons (Fsp3) is 0.370. The summed E-state index contributed by atoms with van der Waals surface area (Å²) in [6.45, 7) is 1.58. The van der Waals surface area contributed by atoms with Crippen LogP contribution in [-0.4, -0.2) is 33.3 Å². The number of benzene rings is 2. The molecule has 1 saturated heterocycles. The Morgan fingerprint density at radius 1 is 1.03 bits per heavy atom. The van der Waals surface area contributed by atoms with Crippen LogP contribution in [0.4, 0.5) is 10.3 Å². The molecular weight excluding hydrogens is 443 g/mol. The summed E-state index contributed by atoms with van der Waals surface area (Å²) in [5.74, 6) is 0.301. The molecule has 2 aromatic heterocycles. The van der Waals surface area contributed by atoms with Crippen molar-refractivity contribution in [3.8, 4) is 0 Å². The number of rotatable bonds is 3. The van der Waals surface area contributed by atoms with Crippen LogP contribution < -0.4 is 16.2 Å². The number of aromatic nitrogens is 4. The monoisotopic (exact) mass is 470 g/mol. The third kappa shape index (κ3) is 3.02. The van der Waals surface area contributed by atoms with Crippen molar-refractivity contribution in [2.45, 2.75) is 43.6 Å². The summed E-state index contributed by atoms with van der Waals surface area (Å²) >= 11 is 0. The number of anilines is 1. The number of halogens is 1. The van der Waals surface area contributed by atoms with Crippen LogP contribution >= 0.6 is 0 Å². The van der Waals surface area contributed by atoms with E-state index in [1.54, 1.807) is 12.1 Å². The third-order valence-corrected chi connectivity index (χ3v) is 8.67. The first-order valence-electron chi connectivity index (χ1n) is 12.3. The van der Waals surface area contributed by atoms with Crippen LogP contribution in [0.2, 0.25) is 0 Å². The lowest BCUT2D eigenvalue weighted by atomic mass is 9.73. The molecule has 0 radical (unpaired) electrons. The second-order valence-corrected chi connectivity index (χ2v) is 10.5. The van der Waals surface area contributed by atoms with Gasteiger partial charge in [0.25, 0.3) is 5.56 Å². The Kier molecular flexibility index (Phi) is 4.31. The molecule has 3 heterocycles. The molecule has 2 aromatic carbocycles. The van der Waals surface area contributed by atoms with E-state index >= 15 is 0 Å². The number of aromatic amines is 2. The van der Waals surface area contributed by atoms with Crippen LogP contribution in [0.15, 0.2) is 53.3 Å². The number of nitrogens with one attached hydrogen (secondary N) is 2. The van der Waals surface area contributed by atoms with Crippen LogP contribution in [0.25, 0.3) is 11.0 Å². The van der Waals surface area contributed by atoms with Crippen molar-refractivity contribution in [3.63, 3.8) is 0 Å². The summed E-state index contributed by atoms with van der Waals surface area (Å²) < 4.78 is 13.5. The molecule has 1 aliphatic heterocycles. The van der Waals surface area contributed by atoms with Crippen molar-refractivity contribution in [3.05, 3.63) is 87.1 Å². The lowest BCUT2D eigenvalue weighted by molar-refractivity contribution is 0.187. The molecule has 4 N–H and O–H groups in total. The van der Waals surface area contributed by atoms with Crippen LogP contribution in [0.3, 0.4) is 0 Å². The maximum absolute atomic E-state index is 13.5. The quantitative estimate of drug-likeness (QED) is 0.424. The summed E-state index contributed by atoms with van der Waals surface area (Å²) in [6, 6.07) is 15.0. The highest BCUT2D eigenvalue weighted by molar-refractivity contribution is 5.80. The van der Waals surface area contributed by atoms with E-state index in [1.807, 2.05) is 0 Å². The van der Waals surface area contributed by atoms with Crippen LogP contribution in [-0.2, 0) is 11.8 Å². The summed E-state index contributed by atoms with van der Waals surface area (Å²) in [4.78, 5) is 23.2. The Morgan fingerprint density at radius 2 is 1.77 bits per heavy atom. The summed E-state index contributed by atoms with van der Waals surface area (Å²) in [7, 11) is 0. The normalized spacial score (nSPS) is 22.0. The van der Waals surface area contributed by atoms with E-state index < -0.39 is 0 Å². The second kappa shape index (κ2) is 7.24. The molecule has 1 spiro atoms. The first-order valence-corrected chi connectivity index (χ1v) is 12.3. The van der Waals surface area contributed by atoms with Crippen molar-refractivity contribution in [2.75, 3.05) is 18.0 Å². The van der Waals surface area contributed by atoms with Gasteiger partial charge in [-0.25, -0.2) is 4.39 Å². The fourth-order valence-corrected chi connectivity index (χ4v) is 6.45. The Balaban J connectivity index is 1.17. The molecular formula is C27H27FN6O. The van der Waals surface area contributed by atoms with E-state index in [4.69, 9.17) is 10.7 Å². The summed E-state index contributed by atoms with van der Waals surface area (Å²) in [5.41, 5.74) is 11.1. The minimum Gasteiger partial charge on any atom is -0.342 e. The number of hydrogen-bond acceptors (Lipinski definition) is 5. The zero-order valence-corrected chi connectivity index (χ0v) is 19.4. The van der Waals surface area contributed by atoms with Gasteiger partial charge in [0.2, 0.25) is 5.95 Å². The molecule has 8 heteroatoms. The number of fused-ring (bicyclic) bond motifs is 2. The smallest absolute Gasteiger partial charge is 0.263 e. The van der Waals surface area contributed by atoms with Crippen molar-refractivity contribution in [1.82, 2.24) is 20.2 Å². The predicted octanol–water partition coefficient (Wildman–Crippen LogP) is 3.71. The van der Waals surface area contributed by atoms with Gasteiger partial charge in [0.05, 0.1) is 5.69 Å². The molecule has 1 atom stereocenters. The van der Waals surface area contributed by atoms with Crippen LogP contribution in [0, 0.1) is 11.2 Å². The number of hydrogen-bond donors (Lipinski definition) is 3. The largest absolute Gasteiger partial charge is 0.342 e. The first kappa shape index (κ1) is 20.8. The van der Waals surface area contributed by atoms with Gasteiger partial charge in [-0.1, -0.05) is 36.4 Å².